The van der Waals surface area contributed by atoms with Gasteiger partial charge in [-0.25, -0.2) is 9.97 Å². The van der Waals surface area contributed by atoms with Gasteiger partial charge in [-0.3, -0.25) is 4.57 Å². The third kappa shape index (κ3) is 5.38. The van der Waals surface area contributed by atoms with Crippen molar-refractivity contribution in [2.24, 2.45) is 0 Å². The fraction of sp³-hybridized carbons (Fsp3) is 0. The minimum absolute atomic E-state index is 0.675. The van der Waals surface area contributed by atoms with E-state index in [0.29, 0.717) is 5.82 Å². The number of rotatable bonds is 6. The summed E-state index contributed by atoms with van der Waals surface area (Å²) in [6.07, 6.45) is 0. The maximum atomic E-state index is 5.37. The van der Waals surface area contributed by atoms with Gasteiger partial charge in [0, 0.05) is 28.0 Å². The largest absolute Gasteiger partial charge is 0.294 e. The minimum Gasteiger partial charge on any atom is -0.294 e. The number of aromatic nitrogens is 3. The van der Waals surface area contributed by atoms with Gasteiger partial charge in [-0.2, -0.15) is 0 Å². The molecule has 9 rings (SSSR count). The standard InChI is InChI=1S/C46H31N3/c1-4-15-32(16-5-1)35-21-14-22-36(27-35)42-31-45(49-43-25-12-10-23-40(43)41-24-11-13-26-44(41)49)48-46(47-42)39-29-37(33-17-6-2-7-18-33)28-38(30-39)34-19-8-3-9-20-34/h1-31H. The van der Waals surface area contributed by atoms with Crippen molar-refractivity contribution in [3.63, 3.8) is 0 Å². The first kappa shape index (κ1) is 28.6. The van der Waals surface area contributed by atoms with E-state index in [4.69, 9.17) is 9.97 Å². The molecule has 0 saturated heterocycles. The summed E-state index contributed by atoms with van der Waals surface area (Å²) in [6, 6.07) is 66.2. The van der Waals surface area contributed by atoms with E-state index in [-0.39, 0.29) is 0 Å². The quantitative estimate of drug-likeness (QED) is 0.184. The molecule has 9 aromatic rings. The predicted molar refractivity (Wildman–Crippen MR) is 204 cm³/mol. The maximum Gasteiger partial charge on any atom is 0.162 e. The van der Waals surface area contributed by atoms with Crippen LogP contribution in [-0.4, -0.2) is 14.5 Å². The molecule has 49 heavy (non-hydrogen) atoms. The first-order valence-electron chi connectivity index (χ1n) is 16.6. The van der Waals surface area contributed by atoms with Gasteiger partial charge in [0.05, 0.1) is 16.7 Å². The molecular formula is C46H31N3. The summed E-state index contributed by atoms with van der Waals surface area (Å²) in [4.78, 5) is 10.7. The highest BCUT2D eigenvalue weighted by atomic mass is 15.1. The predicted octanol–water partition coefficient (Wildman–Crippen LogP) is 11.9. The van der Waals surface area contributed by atoms with Gasteiger partial charge >= 0.3 is 0 Å². The summed E-state index contributed by atoms with van der Waals surface area (Å²) >= 11 is 0. The monoisotopic (exact) mass is 625 g/mol. The lowest BCUT2D eigenvalue weighted by Gasteiger charge is -2.14. The molecule has 0 aliphatic carbocycles. The number of hydrogen-bond donors (Lipinski definition) is 0. The number of fused-ring (bicyclic) bond motifs is 3. The molecule has 0 fully saturated rings. The summed E-state index contributed by atoms with van der Waals surface area (Å²) in [6.45, 7) is 0. The van der Waals surface area contributed by atoms with Crippen LogP contribution in [0, 0.1) is 0 Å². The van der Waals surface area contributed by atoms with Crippen molar-refractivity contribution in [2.75, 3.05) is 0 Å². The lowest BCUT2D eigenvalue weighted by atomic mass is 9.95. The average molecular weight is 626 g/mol. The van der Waals surface area contributed by atoms with Crippen LogP contribution in [0.15, 0.2) is 188 Å². The van der Waals surface area contributed by atoms with Crippen LogP contribution in [0.1, 0.15) is 0 Å². The molecule has 3 nitrogen and oxygen atoms in total. The molecular weight excluding hydrogens is 595 g/mol. The smallest absolute Gasteiger partial charge is 0.162 e. The van der Waals surface area contributed by atoms with E-state index in [2.05, 4.69) is 193 Å². The zero-order valence-electron chi connectivity index (χ0n) is 26.7. The molecule has 3 heteroatoms. The van der Waals surface area contributed by atoms with E-state index in [0.717, 1.165) is 61.5 Å². The van der Waals surface area contributed by atoms with Gasteiger partial charge in [0.15, 0.2) is 5.82 Å². The average Bonchev–Trinajstić information content (AvgIpc) is 3.53. The first-order valence-corrected chi connectivity index (χ1v) is 16.6. The van der Waals surface area contributed by atoms with Crippen molar-refractivity contribution in [2.45, 2.75) is 0 Å². The number of hydrogen-bond acceptors (Lipinski definition) is 2. The van der Waals surface area contributed by atoms with E-state index < -0.39 is 0 Å². The summed E-state index contributed by atoms with van der Waals surface area (Å²) in [5.41, 5.74) is 11.9. The molecule has 0 unspecified atom stereocenters. The summed E-state index contributed by atoms with van der Waals surface area (Å²) < 4.78 is 2.28. The van der Waals surface area contributed by atoms with Crippen molar-refractivity contribution in [3.05, 3.63) is 188 Å². The molecule has 0 atom stereocenters. The van der Waals surface area contributed by atoms with Gasteiger partial charge in [0.25, 0.3) is 0 Å². The highest BCUT2D eigenvalue weighted by Crippen LogP contribution is 2.36. The Labute approximate surface area is 285 Å². The molecule has 0 N–H and O–H groups in total. The molecule has 230 valence electrons. The molecule has 0 spiro atoms. The van der Waals surface area contributed by atoms with E-state index >= 15 is 0 Å². The molecule has 0 saturated carbocycles. The maximum absolute atomic E-state index is 5.37. The Hall–Kier alpha value is -6.58. The van der Waals surface area contributed by atoms with E-state index in [9.17, 15) is 0 Å². The topological polar surface area (TPSA) is 30.7 Å². The van der Waals surface area contributed by atoms with Crippen LogP contribution in [-0.2, 0) is 0 Å². The Morgan fingerprint density at radius 1 is 0.306 bits per heavy atom. The minimum atomic E-state index is 0.675. The van der Waals surface area contributed by atoms with E-state index in [1.54, 1.807) is 0 Å². The lowest BCUT2D eigenvalue weighted by molar-refractivity contribution is 1.05. The number of nitrogens with zero attached hydrogens (tertiary/aromatic N) is 3. The lowest BCUT2D eigenvalue weighted by Crippen LogP contribution is -2.03. The third-order valence-corrected chi connectivity index (χ3v) is 9.19. The van der Waals surface area contributed by atoms with Crippen LogP contribution in [0.5, 0.6) is 0 Å². The van der Waals surface area contributed by atoms with Gasteiger partial charge in [0.2, 0.25) is 0 Å². The van der Waals surface area contributed by atoms with Gasteiger partial charge < -0.3 is 0 Å². The molecule has 7 aromatic carbocycles. The fourth-order valence-electron chi connectivity index (χ4n) is 6.84. The van der Waals surface area contributed by atoms with Crippen LogP contribution in [0.2, 0.25) is 0 Å². The molecule has 0 aliphatic rings. The Kier molecular flexibility index (Phi) is 7.14. The second-order valence-corrected chi connectivity index (χ2v) is 12.3. The Morgan fingerprint density at radius 2 is 0.735 bits per heavy atom. The van der Waals surface area contributed by atoms with Crippen molar-refractivity contribution in [3.8, 4) is 61.8 Å². The SMILES string of the molecule is c1ccc(-c2cccc(-c3cc(-n4c5ccccc5c5ccccc54)nc(-c4cc(-c5ccccc5)cc(-c5ccccc5)c4)n3)c2)cc1. The summed E-state index contributed by atoms with van der Waals surface area (Å²) in [5.74, 6) is 1.50. The molecule has 2 aromatic heterocycles. The molecule has 2 heterocycles. The van der Waals surface area contributed by atoms with Crippen molar-refractivity contribution in [1.29, 1.82) is 0 Å². The second kappa shape index (κ2) is 12.2. The van der Waals surface area contributed by atoms with Crippen LogP contribution in [0.3, 0.4) is 0 Å². The van der Waals surface area contributed by atoms with E-state index in [1.165, 1.54) is 16.3 Å². The zero-order chi connectivity index (χ0) is 32.6. The zero-order valence-corrected chi connectivity index (χ0v) is 26.7. The second-order valence-electron chi connectivity index (χ2n) is 12.3. The first-order chi connectivity index (χ1) is 24.3. The highest BCUT2D eigenvalue weighted by Gasteiger charge is 2.17. The number of benzene rings is 7. The molecule has 0 radical (unpaired) electrons. The summed E-state index contributed by atoms with van der Waals surface area (Å²) in [7, 11) is 0. The van der Waals surface area contributed by atoms with Crippen molar-refractivity contribution >= 4 is 21.8 Å². The third-order valence-electron chi connectivity index (χ3n) is 9.19. The van der Waals surface area contributed by atoms with Crippen molar-refractivity contribution < 1.29 is 0 Å². The van der Waals surface area contributed by atoms with Crippen LogP contribution in [0.25, 0.3) is 83.6 Å². The van der Waals surface area contributed by atoms with Gasteiger partial charge in [0.1, 0.15) is 5.82 Å². The van der Waals surface area contributed by atoms with E-state index in [1.807, 2.05) is 0 Å². The molecule has 0 bridgehead atoms. The van der Waals surface area contributed by atoms with Crippen LogP contribution < -0.4 is 0 Å². The van der Waals surface area contributed by atoms with Gasteiger partial charge in [-0.1, -0.05) is 146 Å². The Morgan fingerprint density at radius 3 is 1.31 bits per heavy atom. The Bertz CT molecular complexity index is 2480. The highest BCUT2D eigenvalue weighted by molar-refractivity contribution is 6.09. The summed E-state index contributed by atoms with van der Waals surface area (Å²) in [5, 5.41) is 2.40. The van der Waals surface area contributed by atoms with Crippen molar-refractivity contribution in [1.82, 2.24) is 14.5 Å². The molecule has 0 amide bonds. The number of para-hydroxylation sites is 2. The van der Waals surface area contributed by atoms with Gasteiger partial charge in [-0.05, 0) is 69.8 Å². The normalized spacial score (nSPS) is 11.3. The fourth-order valence-corrected chi connectivity index (χ4v) is 6.84. The van der Waals surface area contributed by atoms with Crippen LogP contribution in [0.4, 0.5) is 0 Å². The van der Waals surface area contributed by atoms with Crippen LogP contribution >= 0.6 is 0 Å². The van der Waals surface area contributed by atoms with Gasteiger partial charge in [-0.15, -0.1) is 0 Å². The Balaban J connectivity index is 1.32. The molecule has 0 aliphatic heterocycles.